The van der Waals surface area contributed by atoms with Crippen molar-refractivity contribution in [3.8, 4) is 0 Å². The van der Waals surface area contributed by atoms with Crippen LogP contribution in [0.1, 0.15) is 104 Å². The molecule has 1 unspecified atom stereocenters. The summed E-state index contributed by atoms with van der Waals surface area (Å²) in [6, 6.07) is 8.31. The van der Waals surface area contributed by atoms with Crippen molar-refractivity contribution in [3.05, 3.63) is 70.9 Å². The number of benzene rings is 2. The summed E-state index contributed by atoms with van der Waals surface area (Å²) in [5.41, 5.74) is 0.738. The Morgan fingerprint density at radius 2 is 1.30 bits per heavy atom. The smallest absolute Gasteiger partial charge is 0.305 e. The van der Waals surface area contributed by atoms with Crippen molar-refractivity contribution >= 4 is 66.6 Å². The zero-order chi connectivity index (χ0) is 44.4. The Bertz CT molecular complexity index is 2430. The maximum absolute atomic E-state index is 14.4. The van der Waals surface area contributed by atoms with Gasteiger partial charge in [-0.1, -0.05) is 20.3 Å². The summed E-state index contributed by atoms with van der Waals surface area (Å²) in [6.07, 6.45) is 6.77. The van der Waals surface area contributed by atoms with Gasteiger partial charge in [-0.25, -0.2) is 0 Å². The number of rotatable bonds is 18. The van der Waals surface area contributed by atoms with Crippen molar-refractivity contribution in [1.82, 2.24) is 0 Å². The fraction of sp³-hybridized carbons (Fsp3) is 0.488. The monoisotopic (exact) mass is 869 g/mol. The number of ether oxygens (including phenoxy) is 2. The molecule has 2 aromatic carbocycles. The first kappa shape index (κ1) is 46.2. The van der Waals surface area contributed by atoms with E-state index in [9.17, 15) is 49.9 Å². The molecule has 324 valence electrons. The molecule has 17 heteroatoms. The van der Waals surface area contributed by atoms with Gasteiger partial charge in [0.05, 0.1) is 34.0 Å². The van der Waals surface area contributed by atoms with E-state index in [4.69, 9.17) is 9.47 Å². The predicted molar refractivity (Wildman–Crippen MR) is 221 cm³/mol. The van der Waals surface area contributed by atoms with E-state index in [1.54, 1.807) is 53.7 Å². The third-order valence-electron chi connectivity index (χ3n) is 11.4. The number of hydrogen-bond donors (Lipinski definition) is 2. The van der Waals surface area contributed by atoms with Crippen LogP contribution in [0.2, 0.25) is 0 Å². The molecule has 1 fully saturated rings. The van der Waals surface area contributed by atoms with Crippen LogP contribution in [0.4, 0.5) is 11.4 Å². The molecule has 0 spiro atoms. The summed E-state index contributed by atoms with van der Waals surface area (Å²) in [7, 11) is -9.16. The number of allylic oxidation sites excluding steroid dienone is 4. The van der Waals surface area contributed by atoms with Crippen molar-refractivity contribution in [1.29, 1.82) is 0 Å². The lowest BCUT2D eigenvalue weighted by molar-refractivity contribution is -0.438. The maximum atomic E-state index is 14.4. The van der Waals surface area contributed by atoms with Crippen molar-refractivity contribution in [2.75, 3.05) is 31.2 Å². The highest BCUT2D eigenvalue weighted by atomic mass is 32.2. The molecule has 60 heavy (non-hydrogen) atoms. The maximum Gasteiger partial charge on any atom is 0.305 e. The minimum atomic E-state index is -4.58. The second kappa shape index (κ2) is 18.0. The summed E-state index contributed by atoms with van der Waals surface area (Å²) >= 11 is 0. The lowest BCUT2D eigenvalue weighted by Gasteiger charge is -2.28. The summed E-state index contributed by atoms with van der Waals surface area (Å²) in [4.78, 5) is 67.1. The first-order chi connectivity index (χ1) is 28.0. The average molecular weight is 870 g/mol. The predicted octanol–water partition coefficient (Wildman–Crippen LogP) is 5.75. The SMILES string of the molecule is CCOC(=O)CCCCCN1/C(=C/C2C(=O)C(=O)/C(=C\C3=[N+](CCCCCC(=O)OCC)c4ccc(S(=O)(=O)O)cc4C3(C)C)C2=O)C(C)(C)c2cc(S(=O)(=O)O)ccc21. The van der Waals surface area contributed by atoms with E-state index in [0.29, 0.717) is 85.5 Å². The molecule has 3 aliphatic rings. The summed E-state index contributed by atoms with van der Waals surface area (Å²) < 4.78 is 80.3. The molecule has 0 aromatic heterocycles. The number of carbonyl (C=O) groups is 5. The summed E-state index contributed by atoms with van der Waals surface area (Å²) in [5.74, 6) is -4.84. The van der Waals surface area contributed by atoms with Crippen LogP contribution in [0.3, 0.4) is 0 Å². The fourth-order valence-corrected chi connectivity index (χ4v) is 9.24. The third kappa shape index (κ3) is 9.54. The zero-order valence-corrected chi connectivity index (χ0v) is 36.4. The number of unbranched alkanes of at least 4 members (excludes halogenated alkanes) is 4. The second-order valence-electron chi connectivity index (χ2n) is 16.1. The van der Waals surface area contributed by atoms with E-state index in [-0.39, 0.29) is 53.4 Å². The molecule has 2 heterocycles. The summed E-state index contributed by atoms with van der Waals surface area (Å²) in [6.45, 7) is 11.8. The van der Waals surface area contributed by atoms with Gasteiger partial charge in [0, 0.05) is 60.3 Å². The van der Waals surface area contributed by atoms with Gasteiger partial charge >= 0.3 is 11.9 Å². The van der Waals surface area contributed by atoms with Crippen LogP contribution < -0.4 is 4.90 Å². The van der Waals surface area contributed by atoms with Crippen LogP contribution in [0.5, 0.6) is 0 Å². The molecule has 5 rings (SSSR count). The van der Waals surface area contributed by atoms with Gasteiger partial charge in [0.1, 0.15) is 12.5 Å². The van der Waals surface area contributed by atoms with E-state index >= 15 is 0 Å². The molecule has 15 nitrogen and oxygen atoms in total. The first-order valence-electron chi connectivity index (χ1n) is 20.1. The molecule has 1 atom stereocenters. The Hall–Kier alpha value is -4.84. The summed E-state index contributed by atoms with van der Waals surface area (Å²) in [5, 5.41) is 0. The molecule has 2 aliphatic heterocycles. The van der Waals surface area contributed by atoms with Gasteiger partial charge in [-0.2, -0.15) is 21.4 Å². The van der Waals surface area contributed by atoms with Gasteiger partial charge in [-0.05, 0) is 95.3 Å². The molecule has 2 N–H and O–H groups in total. The third-order valence-corrected chi connectivity index (χ3v) is 13.1. The van der Waals surface area contributed by atoms with Gasteiger partial charge in [0.25, 0.3) is 20.2 Å². The van der Waals surface area contributed by atoms with Crippen LogP contribution in [0, 0.1) is 5.92 Å². The highest BCUT2D eigenvalue weighted by Gasteiger charge is 2.51. The van der Waals surface area contributed by atoms with Crippen LogP contribution in [0.25, 0.3) is 0 Å². The minimum Gasteiger partial charge on any atom is -0.466 e. The number of Topliss-reactive ketones (excluding diaryl/α,β-unsaturated/α-hetero) is 3. The topological polar surface area (TPSA) is 219 Å². The van der Waals surface area contributed by atoms with E-state index in [1.165, 1.54) is 36.4 Å². The van der Waals surface area contributed by atoms with E-state index in [1.807, 2.05) is 9.48 Å². The highest BCUT2D eigenvalue weighted by molar-refractivity contribution is 7.86. The number of hydrogen-bond acceptors (Lipinski definition) is 12. The lowest BCUT2D eigenvalue weighted by atomic mass is 9.80. The number of nitrogens with zero attached hydrogens (tertiary/aromatic N) is 2. The van der Waals surface area contributed by atoms with Gasteiger partial charge < -0.3 is 14.4 Å². The normalized spacial score (nSPS) is 19.7. The van der Waals surface area contributed by atoms with Gasteiger partial charge in [-0.3, -0.25) is 33.1 Å². The standard InChI is InChI=1S/C43H52N2O13S2/c1-7-57-37(46)15-11-9-13-21-44-33-19-17-27(59(51,52)53)23-31(33)42(3,4)35(44)25-29-39(48)30(41(50)40(29)49)26-36-43(5,6)32-24-28(60(54,55)56)18-20-34(32)45(36)22-14-10-12-16-38(47)58-8-2/h17-20,23-26,29H,7-16,21-22H2,1-6H3,(H-,51,52,53,54,55,56)/p+1/b30-26-,35-25+. The number of anilines is 1. The fourth-order valence-electron chi connectivity index (χ4n) is 8.23. The van der Waals surface area contributed by atoms with Crippen LogP contribution in [0.15, 0.2) is 69.6 Å². The molecule has 2 aromatic rings. The molecule has 0 amide bonds. The van der Waals surface area contributed by atoms with E-state index in [2.05, 4.69) is 0 Å². The Morgan fingerprint density at radius 3 is 1.87 bits per heavy atom. The average Bonchev–Trinajstić information content (AvgIpc) is 3.60. The quantitative estimate of drug-likeness (QED) is 0.0267. The van der Waals surface area contributed by atoms with Crippen molar-refractivity contribution in [2.45, 2.75) is 114 Å². The Kier molecular flexibility index (Phi) is 13.9. The largest absolute Gasteiger partial charge is 0.466 e. The Morgan fingerprint density at radius 1 is 0.750 bits per heavy atom. The number of esters is 2. The van der Waals surface area contributed by atoms with Crippen molar-refractivity contribution in [2.24, 2.45) is 5.92 Å². The molecule has 1 saturated carbocycles. The Labute approximate surface area is 351 Å². The van der Waals surface area contributed by atoms with E-state index in [0.717, 1.165) is 0 Å². The lowest BCUT2D eigenvalue weighted by Crippen LogP contribution is -2.30. The molecule has 0 saturated heterocycles. The molecular formula is C43H53N2O13S2+. The van der Waals surface area contributed by atoms with Gasteiger partial charge in [0.15, 0.2) is 11.5 Å². The highest BCUT2D eigenvalue weighted by Crippen LogP contribution is 2.50. The van der Waals surface area contributed by atoms with Crippen molar-refractivity contribution < 1.29 is 64.0 Å². The van der Waals surface area contributed by atoms with Gasteiger partial charge in [0.2, 0.25) is 17.3 Å². The first-order valence-corrected chi connectivity index (χ1v) is 23.0. The molecule has 0 bridgehead atoms. The molecular weight excluding hydrogens is 817 g/mol. The van der Waals surface area contributed by atoms with E-state index < -0.39 is 54.3 Å². The zero-order valence-electron chi connectivity index (χ0n) is 34.8. The molecule has 0 radical (unpaired) electrons. The van der Waals surface area contributed by atoms with Crippen molar-refractivity contribution in [3.63, 3.8) is 0 Å². The minimum absolute atomic E-state index is 0.229. The van der Waals surface area contributed by atoms with Crippen LogP contribution >= 0.6 is 0 Å². The number of carbonyl (C=O) groups excluding carboxylic acids is 5. The van der Waals surface area contributed by atoms with Gasteiger partial charge in [-0.15, -0.1) is 0 Å². The second-order valence-corrected chi connectivity index (χ2v) is 19.0. The number of fused-ring (bicyclic) bond motifs is 2. The van der Waals surface area contributed by atoms with Crippen LogP contribution in [-0.2, 0) is 64.5 Å². The van der Waals surface area contributed by atoms with Crippen LogP contribution in [-0.4, -0.2) is 91.8 Å². The number of ketones is 3. The Balaban J connectivity index is 1.53. The molecule has 1 aliphatic carbocycles.